The van der Waals surface area contributed by atoms with Gasteiger partial charge in [0.05, 0.1) is 6.61 Å². The van der Waals surface area contributed by atoms with Crippen LogP contribution in [0.5, 0.6) is 5.75 Å². The molecule has 0 spiro atoms. The summed E-state index contributed by atoms with van der Waals surface area (Å²) in [6.45, 7) is 5.22. The van der Waals surface area contributed by atoms with Crippen molar-refractivity contribution >= 4 is 5.82 Å². The van der Waals surface area contributed by atoms with Crippen molar-refractivity contribution in [1.82, 2.24) is 10.3 Å². The van der Waals surface area contributed by atoms with E-state index in [1.54, 1.807) is 0 Å². The maximum absolute atomic E-state index is 5.84. The predicted molar refractivity (Wildman–Crippen MR) is 96.7 cm³/mol. The standard InChI is InChI=1S/C20H25N3O/c1-15(18-14-24-19-7-3-2-6-17(18)19)22-16-9-12-23(13-10-16)20-8-4-5-11-21-20/h2-8,11,15-16,18,22H,9-10,12-14H2,1H3/t15-,18-/m0/s1. The number of fused-ring (bicyclic) bond motifs is 1. The zero-order chi connectivity index (χ0) is 16.4. The van der Waals surface area contributed by atoms with Crippen molar-refractivity contribution in [3.8, 4) is 5.75 Å². The third-order valence-electron chi connectivity index (χ3n) is 5.31. The molecule has 24 heavy (non-hydrogen) atoms. The average Bonchev–Trinajstić information content (AvgIpc) is 3.07. The lowest BCUT2D eigenvalue weighted by atomic mass is 9.93. The molecule has 4 rings (SSSR count). The van der Waals surface area contributed by atoms with Gasteiger partial charge in [0, 0.05) is 42.9 Å². The molecule has 2 aliphatic rings. The fourth-order valence-corrected chi connectivity index (χ4v) is 3.91. The van der Waals surface area contributed by atoms with Crippen LogP contribution in [0, 0.1) is 0 Å². The van der Waals surface area contributed by atoms with Gasteiger partial charge in [-0.25, -0.2) is 4.98 Å². The number of pyridine rings is 1. The fraction of sp³-hybridized carbons (Fsp3) is 0.450. The largest absolute Gasteiger partial charge is 0.493 e. The number of piperidine rings is 1. The first-order chi connectivity index (χ1) is 11.8. The minimum absolute atomic E-state index is 0.431. The van der Waals surface area contributed by atoms with E-state index >= 15 is 0 Å². The van der Waals surface area contributed by atoms with Gasteiger partial charge in [-0.15, -0.1) is 0 Å². The molecule has 4 nitrogen and oxygen atoms in total. The van der Waals surface area contributed by atoms with Gasteiger partial charge in [0.25, 0.3) is 0 Å². The summed E-state index contributed by atoms with van der Waals surface area (Å²) in [5, 5.41) is 3.85. The van der Waals surface area contributed by atoms with Crippen LogP contribution in [0.3, 0.4) is 0 Å². The number of nitrogens with zero attached hydrogens (tertiary/aromatic N) is 2. The first-order valence-corrected chi connectivity index (χ1v) is 8.95. The van der Waals surface area contributed by atoms with E-state index in [1.165, 1.54) is 5.56 Å². The number of rotatable bonds is 4. The van der Waals surface area contributed by atoms with E-state index in [2.05, 4.69) is 52.5 Å². The monoisotopic (exact) mass is 323 g/mol. The molecule has 0 radical (unpaired) electrons. The van der Waals surface area contributed by atoms with Crippen LogP contribution in [0.25, 0.3) is 0 Å². The molecular formula is C20H25N3O. The van der Waals surface area contributed by atoms with Crippen molar-refractivity contribution in [2.24, 2.45) is 0 Å². The number of benzene rings is 1. The molecule has 1 aromatic carbocycles. The van der Waals surface area contributed by atoms with Crippen molar-refractivity contribution in [2.75, 3.05) is 24.6 Å². The summed E-state index contributed by atoms with van der Waals surface area (Å²) < 4.78 is 5.84. The second kappa shape index (κ2) is 6.81. The Bertz CT molecular complexity index is 668. The Morgan fingerprint density at radius 1 is 1.12 bits per heavy atom. The van der Waals surface area contributed by atoms with Crippen LogP contribution in [0.1, 0.15) is 31.2 Å². The minimum atomic E-state index is 0.431. The predicted octanol–water partition coefficient (Wildman–Crippen LogP) is 3.20. The van der Waals surface area contributed by atoms with Gasteiger partial charge in [-0.1, -0.05) is 24.3 Å². The third-order valence-corrected chi connectivity index (χ3v) is 5.31. The van der Waals surface area contributed by atoms with Gasteiger partial charge < -0.3 is 15.0 Å². The Morgan fingerprint density at radius 3 is 2.71 bits per heavy atom. The van der Waals surface area contributed by atoms with E-state index in [9.17, 15) is 0 Å². The molecule has 126 valence electrons. The smallest absolute Gasteiger partial charge is 0.128 e. The maximum Gasteiger partial charge on any atom is 0.128 e. The maximum atomic E-state index is 5.84. The second-order valence-electron chi connectivity index (χ2n) is 6.86. The van der Waals surface area contributed by atoms with Gasteiger partial charge >= 0.3 is 0 Å². The van der Waals surface area contributed by atoms with Crippen LogP contribution >= 0.6 is 0 Å². The second-order valence-corrected chi connectivity index (χ2v) is 6.86. The van der Waals surface area contributed by atoms with Crippen molar-refractivity contribution in [1.29, 1.82) is 0 Å². The molecule has 1 N–H and O–H groups in total. The van der Waals surface area contributed by atoms with Gasteiger partial charge in [-0.3, -0.25) is 0 Å². The van der Waals surface area contributed by atoms with Crippen molar-refractivity contribution < 1.29 is 4.74 Å². The Balaban J connectivity index is 1.33. The van der Waals surface area contributed by atoms with Crippen molar-refractivity contribution in [2.45, 2.75) is 37.8 Å². The molecule has 2 atom stereocenters. The van der Waals surface area contributed by atoms with Crippen LogP contribution in [0.15, 0.2) is 48.7 Å². The van der Waals surface area contributed by atoms with Gasteiger partial charge in [0.1, 0.15) is 11.6 Å². The minimum Gasteiger partial charge on any atom is -0.493 e. The van der Waals surface area contributed by atoms with Crippen LogP contribution in [0.2, 0.25) is 0 Å². The summed E-state index contributed by atoms with van der Waals surface area (Å²) in [6.07, 6.45) is 4.20. The molecule has 2 aromatic rings. The van der Waals surface area contributed by atoms with E-state index in [0.29, 0.717) is 18.0 Å². The van der Waals surface area contributed by atoms with Crippen LogP contribution in [0.4, 0.5) is 5.82 Å². The lowest BCUT2D eigenvalue weighted by Gasteiger charge is -2.35. The first kappa shape index (κ1) is 15.5. The highest BCUT2D eigenvalue weighted by Gasteiger charge is 2.30. The normalized spacial score (nSPS) is 22.0. The van der Waals surface area contributed by atoms with E-state index in [-0.39, 0.29) is 0 Å². The summed E-state index contributed by atoms with van der Waals surface area (Å²) >= 11 is 0. The number of nitrogens with one attached hydrogen (secondary N) is 1. The highest BCUT2D eigenvalue weighted by atomic mass is 16.5. The number of hydrogen-bond donors (Lipinski definition) is 1. The number of anilines is 1. The summed E-state index contributed by atoms with van der Waals surface area (Å²) in [7, 11) is 0. The van der Waals surface area contributed by atoms with Crippen LogP contribution < -0.4 is 15.0 Å². The molecule has 4 heteroatoms. The average molecular weight is 323 g/mol. The zero-order valence-corrected chi connectivity index (χ0v) is 14.2. The Kier molecular flexibility index (Phi) is 4.39. The quantitative estimate of drug-likeness (QED) is 0.937. The number of hydrogen-bond acceptors (Lipinski definition) is 4. The number of aromatic nitrogens is 1. The van der Waals surface area contributed by atoms with Gasteiger partial charge in [0.2, 0.25) is 0 Å². The SMILES string of the molecule is C[C@H](NC1CCN(c2ccccn2)CC1)[C@@H]1COc2ccccc21. The molecule has 0 amide bonds. The van der Waals surface area contributed by atoms with Crippen molar-refractivity contribution in [3.05, 3.63) is 54.2 Å². The highest BCUT2D eigenvalue weighted by molar-refractivity contribution is 5.41. The van der Waals surface area contributed by atoms with E-state index in [1.807, 2.05) is 18.3 Å². The highest BCUT2D eigenvalue weighted by Crippen LogP contribution is 2.35. The van der Waals surface area contributed by atoms with Gasteiger partial charge in [-0.05, 0) is 38.0 Å². The van der Waals surface area contributed by atoms with Gasteiger partial charge in [0.15, 0.2) is 0 Å². The number of ether oxygens (including phenoxy) is 1. The van der Waals surface area contributed by atoms with Crippen LogP contribution in [-0.4, -0.2) is 36.8 Å². The molecule has 0 aliphatic carbocycles. The molecule has 1 fully saturated rings. The Morgan fingerprint density at radius 2 is 1.92 bits per heavy atom. The molecule has 0 saturated carbocycles. The zero-order valence-electron chi connectivity index (χ0n) is 14.2. The van der Waals surface area contributed by atoms with Crippen molar-refractivity contribution in [3.63, 3.8) is 0 Å². The molecule has 2 aliphatic heterocycles. The summed E-state index contributed by atoms with van der Waals surface area (Å²) in [5.74, 6) is 2.61. The lowest BCUT2D eigenvalue weighted by molar-refractivity contribution is 0.283. The molecule has 0 unspecified atom stereocenters. The Labute approximate surface area is 143 Å². The Hall–Kier alpha value is -2.07. The van der Waals surface area contributed by atoms with Crippen LogP contribution in [-0.2, 0) is 0 Å². The van der Waals surface area contributed by atoms with E-state index in [0.717, 1.165) is 44.1 Å². The topological polar surface area (TPSA) is 37.4 Å². The third kappa shape index (κ3) is 3.11. The van der Waals surface area contributed by atoms with E-state index < -0.39 is 0 Å². The fourth-order valence-electron chi connectivity index (χ4n) is 3.91. The van der Waals surface area contributed by atoms with E-state index in [4.69, 9.17) is 4.74 Å². The summed E-state index contributed by atoms with van der Waals surface area (Å²) in [6, 6.07) is 15.6. The lowest BCUT2D eigenvalue weighted by Crippen LogP contribution is -2.47. The first-order valence-electron chi connectivity index (χ1n) is 8.95. The molecule has 1 aromatic heterocycles. The summed E-state index contributed by atoms with van der Waals surface area (Å²) in [4.78, 5) is 6.85. The molecule has 0 bridgehead atoms. The number of para-hydroxylation sites is 1. The molecule has 3 heterocycles. The molecular weight excluding hydrogens is 298 g/mol. The molecule has 1 saturated heterocycles. The summed E-state index contributed by atoms with van der Waals surface area (Å²) in [5.41, 5.74) is 1.35. The van der Waals surface area contributed by atoms with Gasteiger partial charge in [-0.2, -0.15) is 0 Å².